The molecule has 0 aliphatic rings. The van der Waals surface area contributed by atoms with Crippen molar-refractivity contribution >= 4 is 28.0 Å². The predicted octanol–water partition coefficient (Wildman–Crippen LogP) is 8.13. The number of aromatic nitrogens is 4. The molecule has 0 aliphatic heterocycles. The van der Waals surface area contributed by atoms with Crippen LogP contribution in [0, 0.1) is 6.92 Å². The number of para-hydroxylation sites is 2. The first kappa shape index (κ1) is 25.0. The van der Waals surface area contributed by atoms with Crippen LogP contribution < -0.4 is 0 Å². The van der Waals surface area contributed by atoms with Gasteiger partial charge in [0.15, 0.2) is 0 Å². The number of carbonyl (C=O) groups excluding carboxylic acids is 1. The van der Waals surface area contributed by atoms with Crippen LogP contribution >= 0.6 is 0 Å². The average molecular weight is 559 g/mol. The van der Waals surface area contributed by atoms with E-state index in [9.17, 15) is 7.54 Å². The van der Waals surface area contributed by atoms with Gasteiger partial charge in [-0.15, -0.1) is 0 Å². The van der Waals surface area contributed by atoms with E-state index in [1.54, 1.807) is 22.8 Å². The van der Waals surface area contributed by atoms with Gasteiger partial charge in [0, 0.05) is 25.5 Å². The molecule has 212 valence electrons. The summed E-state index contributed by atoms with van der Waals surface area (Å²) in [5.41, 5.74) is 7.87. The van der Waals surface area contributed by atoms with Crippen molar-refractivity contribution in [3.05, 3.63) is 107 Å². The van der Waals surface area contributed by atoms with Gasteiger partial charge in [0.05, 0.1) is 36.5 Å². The lowest BCUT2D eigenvalue weighted by molar-refractivity contribution is 0.0379. The Morgan fingerprint density at radius 2 is 1.67 bits per heavy atom. The van der Waals surface area contributed by atoms with Crippen LogP contribution in [0.25, 0.3) is 44.6 Å². The Bertz CT molecular complexity index is 2010. The van der Waals surface area contributed by atoms with Crippen molar-refractivity contribution in [2.75, 3.05) is 0 Å². The molecule has 0 bridgehead atoms. The maximum Gasteiger partial charge on any atom is 0.339 e. The minimum atomic E-state index is -1.90. The number of hydrogen-bond donors (Lipinski definition) is 0. The first-order valence-corrected chi connectivity index (χ1v) is 14.4. The number of imidazole rings is 2. The fraction of sp³-hybridized carbons (Fsp3) is 0.250. The number of aryl methyl sites for hydroxylation is 3. The van der Waals surface area contributed by atoms with Gasteiger partial charge in [-0.25, -0.2) is 14.8 Å². The number of benzene rings is 4. The molecule has 0 radical (unpaired) electrons. The minimum Gasteiger partial charge on any atom is -0.459 e. The van der Waals surface area contributed by atoms with Crippen LogP contribution in [-0.4, -0.2) is 31.2 Å². The highest BCUT2D eigenvalue weighted by Crippen LogP contribution is 2.31. The number of nitrogens with zero attached hydrogens (tertiary/aromatic N) is 4. The summed E-state index contributed by atoms with van der Waals surface area (Å²) in [5, 5.41) is 0. The SMILES string of the molecule is [2H]C([2H])(c1ccc(-c2ccccc2C(=O)OC(C)C)cc1)n1c(CCC)nc2c(C)cc(-c3nc4ccccc4n3C)cc21. The highest BCUT2D eigenvalue weighted by Gasteiger charge is 2.18. The molecule has 2 aromatic heterocycles. The van der Waals surface area contributed by atoms with Crippen molar-refractivity contribution in [1.29, 1.82) is 0 Å². The smallest absolute Gasteiger partial charge is 0.339 e. The second-order valence-electron chi connectivity index (χ2n) is 10.9. The third-order valence-corrected chi connectivity index (χ3v) is 7.47. The zero-order chi connectivity index (χ0) is 31.2. The number of fused-ring (bicyclic) bond motifs is 2. The second kappa shape index (κ2) is 11.3. The summed E-state index contributed by atoms with van der Waals surface area (Å²) < 4.78 is 28.2. The van der Waals surface area contributed by atoms with E-state index in [1.807, 2.05) is 82.4 Å². The second-order valence-corrected chi connectivity index (χ2v) is 10.9. The molecule has 0 aliphatic carbocycles. The lowest BCUT2D eigenvalue weighted by Crippen LogP contribution is -2.12. The normalized spacial score (nSPS) is 12.6. The van der Waals surface area contributed by atoms with Crippen molar-refractivity contribution in [3.8, 4) is 22.5 Å². The van der Waals surface area contributed by atoms with Crippen LogP contribution in [0.2, 0.25) is 0 Å². The van der Waals surface area contributed by atoms with Crippen LogP contribution in [0.3, 0.4) is 0 Å². The monoisotopic (exact) mass is 558 g/mol. The van der Waals surface area contributed by atoms with Gasteiger partial charge in [0.2, 0.25) is 0 Å². The maximum atomic E-state index is 12.8. The van der Waals surface area contributed by atoms with E-state index in [-0.39, 0.29) is 12.1 Å². The van der Waals surface area contributed by atoms with Crippen molar-refractivity contribution in [2.45, 2.75) is 53.1 Å². The molecule has 0 fully saturated rings. The van der Waals surface area contributed by atoms with Gasteiger partial charge in [0.1, 0.15) is 11.6 Å². The summed E-state index contributed by atoms with van der Waals surface area (Å²) in [4.78, 5) is 22.6. The average Bonchev–Trinajstić information content (AvgIpc) is 3.55. The fourth-order valence-electron chi connectivity index (χ4n) is 5.49. The van der Waals surface area contributed by atoms with Gasteiger partial charge >= 0.3 is 5.97 Å². The summed E-state index contributed by atoms with van der Waals surface area (Å²) >= 11 is 0. The van der Waals surface area contributed by atoms with Crippen molar-refractivity contribution in [1.82, 2.24) is 19.1 Å². The first-order valence-electron chi connectivity index (χ1n) is 15.4. The van der Waals surface area contributed by atoms with Crippen LogP contribution in [-0.2, 0) is 24.7 Å². The van der Waals surface area contributed by atoms with Crippen molar-refractivity contribution in [3.63, 3.8) is 0 Å². The molecule has 0 unspecified atom stereocenters. The highest BCUT2D eigenvalue weighted by atomic mass is 16.5. The topological polar surface area (TPSA) is 61.9 Å². The van der Waals surface area contributed by atoms with Crippen LogP contribution in [0.1, 0.15) is 57.2 Å². The Labute approximate surface area is 249 Å². The summed E-state index contributed by atoms with van der Waals surface area (Å²) in [5.74, 6) is 1.14. The van der Waals surface area contributed by atoms with E-state index in [4.69, 9.17) is 14.7 Å². The van der Waals surface area contributed by atoms with E-state index in [0.29, 0.717) is 23.4 Å². The number of esters is 1. The Morgan fingerprint density at radius 3 is 2.40 bits per heavy atom. The number of carbonyl (C=O) groups is 1. The maximum absolute atomic E-state index is 12.8. The Morgan fingerprint density at radius 1 is 0.929 bits per heavy atom. The van der Waals surface area contributed by atoms with Crippen LogP contribution in [0.15, 0.2) is 84.9 Å². The van der Waals surface area contributed by atoms with Crippen molar-refractivity contribution < 1.29 is 12.3 Å². The standard InChI is InChI=1S/C36H36N4O2/c1-6-11-33-38-34-24(4)20-27(35-37-30-14-9-10-15-31(30)39(35)5)21-32(34)40(33)22-25-16-18-26(19-17-25)28-12-7-8-13-29(28)36(41)42-23(2)3/h7-10,12-21,23H,6,11,22H2,1-5H3/i22D2. The summed E-state index contributed by atoms with van der Waals surface area (Å²) in [6.07, 6.45) is 1.24. The molecule has 6 rings (SSSR count). The zero-order valence-corrected chi connectivity index (χ0v) is 24.7. The number of ether oxygens (including phenoxy) is 1. The molecule has 0 saturated carbocycles. The highest BCUT2D eigenvalue weighted by molar-refractivity contribution is 5.97. The molecule has 6 nitrogen and oxygen atoms in total. The Hall–Kier alpha value is -4.71. The molecule has 2 heterocycles. The predicted molar refractivity (Wildman–Crippen MR) is 170 cm³/mol. The van der Waals surface area contributed by atoms with Crippen LogP contribution in [0.4, 0.5) is 0 Å². The van der Waals surface area contributed by atoms with Gasteiger partial charge in [-0.1, -0.05) is 61.5 Å². The third kappa shape index (κ3) is 5.09. The van der Waals surface area contributed by atoms with E-state index in [1.165, 1.54) is 0 Å². The van der Waals surface area contributed by atoms with Gasteiger partial charge in [-0.3, -0.25) is 0 Å². The Kier molecular flexibility index (Phi) is 6.73. The molecule has 0 spiro atoms. The lowest BCUT2D eigenvalue weighted by atomic mass is 9.98. The summed E-state index contributed by atoms with van der Waals surface area (Å²) in [7, 11) is 2.01. The van der Waals surface area contributed by atoms with Gasteiger partial charge in [-0.05, 0) is 79.8 Å². The molecule has 0 amide bonds. The first-order chi connectivity index (χ1) is 21.1. The zero-order valence-electron chi connectivity index (χ0n) is 26.7. The molecular weight excluding hydrogens is 520 g/mol. The fourth-order valence-corrected chi connectivity index (χ4v) is 5.49. The molecule has 0 saturated heterocycles. The van der Waals surface area contributed by atoms with Crippen LogP contribution in [0.5, 0.6) is 0 Å². The Balaban J connectivity index is 1.46. The number of rotatable bonds is 8. The van der Waals surface area contributed by atoms with E-state index < -0.39 is 6.50 Å². The van der Waals surface area contributed by atoms with Crippen molar-refractivity contribution in [2.24, 2.45) is 7.05 Å². The molecule has 6 aromatic rings. The van der Waals surface area contributed by atoms with Gasteiger partial charge in [0.25, 0.3) is 0 Å². The molecule has 0 atom stereocenters. The molecule has 6 heteroatoms. The molecule has 4 aromatic carbocycles. The van der Waals surface area contributed by atoms with E-state index in [2.05, 4.69) is 23.6 Å². The largest absolute Gasteiger partial charge is 0.459 e. The minimum absolute atomic E-state index is 0.229. The number of hydrogen-bond acceptors (Lipinski definition) is 4. The van der Waals surface area contributed by atoms with E-state index >= 15 is 0 Å². The van der Waals surface area contributed by atoms with Gasteiger partial charge < -0.3 is 13.9 Å². The van der Waals surface area contributed by atoms with Gasteiger partial charge in [-0.2, -0.15) is 0 Å². The third-order valence-electron chi connectivity index (χ3n) is 7.47. The lowest BCUT2D eigenvalue weighted by Gasteiger charge is -2.13. The molecular formula is C36H36N4O2. The molecule has 42 heavy (non-hydrogen) atoms. The van der Waals surface area contributed by atoms with E-state index in [0.717, 1.165) is 56.6 Å². The summed E-state index contributed by atoms with van der Waals surface area (Å²) in [6.45, 7) is 5.85. The summed E-state index contributed by atoms with van der Waals surface area (Å²) in [6, 6.07) is 26.8. The molecule has 0 N–H and O–H groups in total. The quantitative estimate of drug-likeness (QED) is 0.177.